The van der Waals surface area contributed by atoms with Crippen LogP contribution in [0, 0.1) is 6.92 Å². The van der Waals surface area contributed by atoms with Gasteiger partial charge in [-0.25, -0.2) is 0 Å². The number of rotatable bonds is 7. The Labute approximate surface area is 172 Å². The molecule has 4 rings (SSSR count). The molecule has 148 valence electrons. The Kier molecular flexibility index (Phi) is 5.53. The molecule has 1 amide bonds. The van der Waals surface area contributed by atoms with Crippen molar-refractivity contribution in [1.82, 2.24) is 30.3 Å². The van der Waals surface area contributed by atoms with E-state index in [2.05, 4.69) is 37.0 Å². The lowest BCUT2D eigenvalue weighted by Gasteiger charge is -2.09. The van der Waals surface area contributed by atoms with Crippen LogP contribution in [0.5, 0.6) is 0 Å². The summed E-state index contributed by atoms with van der Waals surface area (Å²) < 4.78 is 1.94. The van der Waals surface area contributed by atoms with Gasteiger partial charge in [0.2, 0.25) is 0 Å². The van der Waals surface area contributed by atoms with E-state index in [1.165, 1.54) is 0 Å². The van der Waals surface area contributed by atoms with Gasteiger partial charge >= 0.3 is 0 Å². The second-order valence-electron chi connectivity index (χ2n) is 6.63. The molecule has 0 saturated carbocycles. The summed E-state index contributed by atoms with van der Waals surface area (Å²) in [4.78, 5) is 17.7. The first-order chi connectivity index (χ1) is 14.2. The van der Waals surface area contributed by atoms with Crippen LogP contribution in [0.1, 0.15) is 28.7 Å². The SMILES string of the molecule is CCc1[nH]nc(C(=O)NCCn2ncc(-c3ccncc3)c2-c2cccs2)c1C. The van der Waals surface area contributed by atoms with Crippen molar-refractivity contribution in [3.05, 3.63) is 65.2 Å². The Morgan fingerprint density at radius 3 is 2.79 bits per heavy atom. The molecule has 0 aromatic carbocycles. The van der Waals surface area contributed by atoms with Gasteiger partial charge in [-0.2, -0.15) is 10.2 Å². The van der Waals surface area contributed by atoms with E-state index in [1.807, 2.05) is 42.9 Å². The number of carbonyl (C=O) groups is 1. The van der Waals surface area contributed by atoms with Crippen LogP contribution in [-0.2, 0) is 13.0 Å². The Morgan fingerprint density at radius 2 is 2.10 bits per heavy atom. The average Bonchev–Trinajstić information content (AvgIpc) is 3.48. The molecule has 4 aromatic rings. The van der Waals surface area contributed by atoms with Gasteiger partial charge in [-0.15, -0.1) is 11.3 Å². The van der Waals surface area contributed by atoms with E-state index in [0.29, 0.717) is 18.8 Å². The summed E-state index contributed by atoms with van der Waals surface area (Å²) in [6.07, 6.45) is 6.25. The molecular formula is C21H22N6OS. The zero-order valence-electron chi connectivity index (χ0n) is 16.3. The van der Waals surface area contributed by atoms with Gasteiger partial charge in [-0.05, 0) is 42.5 Å². The van der Waals surface area contributed by atoms with Gasteiger partial charge < -0.3 is 5.32 Å². The molecule has 0 saturated heterocycles. The summed E-state index contributed by atoms with van der Waals surface area (Å²) in [5.41, 5.74) is 5.52. The number of amides is 1. The molecule has 0 spiro atoms. The van der Waals surface area contributed by atoms with Crippen LogP contribution in [0.2, 0.25) is 0 Å². The van der Waals surface area contributed by atoms with Crippen molar-refractivity contribution in [2.24, 2.45) is 0 Å². The fourth-order valence-corrected chi connectivity index (χ4v) is 4.12. The summed E-state index contributed by atoms with van der Waals surface area (Å²) in [7, 11) is 0. The third-order valence-electron chi connectivity index (χ3n) is 4.87. The Morgan fingerprint density at radius 1 is 1.28 bits per heavy atom. The first-order valence-corrected chi connectivity index (χ1v) is 10.4. The summed E-state index contributed by atoms with van der Waals surface area (Å²) in [5, 5.41) is 16.7. The van der Waals surface area contributed by atoms with E-state index < -0.39 is 0 Å². The van der Waals surface area contributed by atoms with E-state index in [0.717, 1.165) is 39.4 Å². The molecule has 29 heavy (non-hydrogen) atoms. The maximum absolute atomic E-state index is 12.5. The molecule has 2 N–H and O–H groups in total. The largest absolute Gasteiger partial charge is 0.349 e. The smallest absolute Gasteiger partial charge is 0.272 e. The van der Waals surface area contributed by atoms with E-state index in [-0.39, 0.29) is 5.91 Å². The molecular weight excluding hydrogens is 384 g/mol. The number of aryl methyl sites for hydroxylation is 1. The maximum atomic E-state index is 12.5. The number of hydrogen-bond acceptors (Lipinski definition) is 5. The molecule has 0 aliphatic rings. The highest BCUT2D eigenvalue weighted by Gasteiger charge is 2.17. The number of H-pyrrole nitrogens is 1. The molecule has 0 radical (unpaired) electrons. The molecule has 7 nitrogen and oxygen atoms in total. The topological polar surface area (TPSA) is 88.5 Å². The minimum absolute atomic E-state index is 0.169. The van der Waals surface area contributed by atoms with Crippen LogP contribution in [0.4, 0.5) is 0 Å². The predicted molar refractivity (Wildman–Crippen MR) is 114 cm³/mol. The normalized spacial score (nSPS) is 11.0. The van der Waals surface area contributed by atoms with E-state index in [1.54, 1.807) is 23.7 Å². The zero-order chi connectivity index (χ0) is 20.2. The number of nitrogens with zero attached hydrogens (tertiary/aromatic N) is 4. The molecule has 0 bridgehead atoms. The summed E-state index contributed by atoms with van der Waals surface area (Å²) in [6, 6.07) is 8.07. The van der Waals surface area contributed by atoms with Crippen LogP contribution >= 0.6 is 11.3 Å². The maximum Gasteiger partial charge on any atom is 0.272 e. The third kappa shape index (κ3) is 3.84. The highest BCUT2D eigenvalue weighted by Crippen LogP contribution is 2.34. The number of nitrogens with one attached hydrogen (secondary N) is 2. The van der Waals surface area contributed by atoms with Gasteiger partial charge in [0.15, 0.2) is 5.69 Å². The van der Waals surface area contributed by atoms with E-state index in [9.17, 15) is 4.79 Å². The van der Waals surface area contributed by atoms with Crippen LogP contribution in [0.25, 0.3) is 21.7 Å². The number of pyridine rings is 1. The fraction of sp³-hybridized carbons (Fsp3) is 0.238. The number of carbonyl (C=O) groups excluding carboxylic acids is 1. The van der Waals surface area contributed by atoms with Crippen molar-refractivity contribution in [3.63, 3.8) is 0 Å². The second-order valence-corrected chi connectivity index (χ2v) is 7.58. The molecule has 0 fully saturated rings. The third-order valence-corrected chi connectivity index (χ3v) is 5.75. The highest BCUT2D eigenvalue weighted by atomic mass is 32.1. The Bertz CT molecular complexity index is 1100. The van der Waals surface area contributed by atoms with Gasteiger partial charge in [-0.3, -0.25) is 19.6 Å². The molecule has 0 aliphatic carbocycles. The minimum atomic E-state index is -0.169. The standard InChI is InChI=1S/C21H22N6OS/c1-3-17-14(2)19(26-25-17)21(28)23-10-11-27-20(18-5-4-12-29-18)16(13-24-27)15-6-8-22-9-7-15/h4-9,12-13H,3,10-11H2,1-2H3,(H,23,28)(H,25,26). The Hall–Kier alpha value is -3.26. The van der Waals surface area contributed by atoms with E-state index >= 15 is 0 Å². The molecule has 0 aliphatic heterocycles. The quantitative estimate of drug-likeness (QED) is 0.490. The van der Waals surface area contributed by atoms with Gasteiger partial charge in [0, 0.05) is 35.8 Å². The van der Waals surface area contributed by atoms with Crippen LogP contribution < -0.4 is 5.32 Å². The van der Waals surface area contributed by atoms with Gasteiger partial charge in [0.25, 0.3) is 5.91 Å². The molecule has 0 atom stereocenters. The van der Waals surface area contributed by atoms with Crippen molar-refractivity contribution >= 4 is 17.2 Å². The molecule has 4 aromatic heterocycles. The number of aromatic amines is 1. The Balaban J connectivity index is 1.53. The fourth-order valence-electron chi connectivity index (χ4n) is 3.33. The monoisotopic (exact) mass is 406 g/mol. The summed E-state index contributed by atoms with van der Waals surface area (Å²) in [6.45, 7) is 4.98. The minimum Gasteiger partial charge on any atom is -0.349 e. The molecule has 8 heteroatoms. The van der Waals surface area contributed by atoms with Crippen molar-refractivity contribution < 1.29 is 4.79 Å². The van der Waals surface area contributed by atoms with Gasteiger partial charge in [0.1, 0.15) is 0 Å². The average molecular weight is 407 g/mol. The summed E-state index contributed by atoms with van der Waals surface area (Å²) in [5.74, 6) is -0.169. The van der Waals surface area contributed by atoms with Gasteiger partial charge in [-0.1, -0.05) is 13.0 Å². The number of hydrogen-bond donors (Lipinski definition) is 2. The van der Waals surface area contributed by atoms with Crippen molar-refractivity contribution in [2.75, 3.05) is 6.54 Å². The van der Waals surface area contributed by atoms with Crippen LogP contribution in [0.15, 0.2) is 48.2 Å². The van der Waals surface area contributed by atoms with Crippen molar-refractivity contribution in [3.8, 4) is 21.7 Å². The number of thiophene rings is 1. The number of aromatic nitrogens is 5. The van der Waals surface area contributed by atoms with E-state index in [4.69, 9.17) is 0 Å². The lowest BCUT2D eigenvalue weighted by atomic mass is 10.1. The molecule has 0 unspecified atom stereocenters. The molecule has 4 heterocycles. The van der Waals surface area contributed by atoms with Gasteiger partial charge in [0.05, 0.1) is 23.3 Å². The first kappa shape index (κ1) is 19.1. The highest BCUT2D eigenvalue weighted by molar-refractivity contribution is 7.13. The summed E-state index contributed by atoms with van der Waals surface area (Å²) >= 11 is 1.67. The predicted octanol–water partition coefficient (Wildman–Crippen LogP) is 3.70. The lowest BCUT2D eigenvalue weighted by molar-refractivity contribution is 0.0946. The van der Waals surface area contributed by atoms with Crippen LogP contribution in [0.3, 0.4) is 0 Å². The van der Waals surface area contributed by atoms with Crippen molar-refractivity contribution in [2.45, 2.75) is 26.8 Å². The lowest BCUT2D eigenvalue weighted by Crippen LogP contribution is -2.28. The zero-order valence-corrected chi connectivity index (χ0v) is 17.2. The first-order valence-electron chi connectivity index (χ1n) is 9.51. The van der Waals surface area contributed by atoms with Crippen LogP contribution in [-0.4, -0.2) is 37.4 Å². The van der Waals surface area contributed by atoms with Crippen molar-refractivity contribution in [1.29, 1.82) is 0 Å². The second kappa shape index (κ2) is 8.40.